The highest BCUT2D eigenvalue weighted by Crippen LogP contribution is 2.24. The average molecular weight is 286 g/mol. The Morgan fingerprint density at radius 2 is 1.89 bits per heavy atom. The van der Waals surface area contributed by atoms with Gasteiger partial charge in [0.05, 0.1) is 6.10 Å². The molecule has 7 nitrogen and oxygen atoms in total. The maximum atomic E-state index is 9.54. The van der Waals surface area contributed by atoms with Crippen molar-refractivity contribution in [3.8, 4) is 0 Å². The van der Waals surface area contributed by atoms with Crippen molar-refractivity contribution >= 4 is 23.7 Å². The first-order valence-electron chi connectivity index (χ1n) is 6.34. The standard InChI is InChI=1S/C11H22N6OS/c1-5-17(6-2)10-13-9(16-12)14-11(15-10)19-8(4)7(3)18/h7-8,18H,5-6,12H2,1-4H3,(H,13,14,15,16). The topological polar surface area (TPSA) is 100 Å². The highest BCUT2D eigenvalue weighted by Gasteiger charge is 2.16. The third-order valence-electron chi connectivity index (χ3n) is 2.75. The molecule has 8 heteroatoms. The molecule has 2 atom stereocenters. The summed E-state index contributed by atoms with van der Waals surface area (Å²) in [5.74, 6) is 6.30. The molecule has 0 spiro atoms. The number of nitrogens with two attached hydrogens (primary N) is 1. The summed E-state index contributed by atoms with van der Waals surface area (Å²) in [6.07, 6.45) is -0.437. The SMILES string of the molecule is CCN(CC)c1nc(NN)nc(SC(C)C(C)O)n1. The molecule has 0 aliphatic carbocycles. The van der Waals surface area contributed by atoms with Crippen LogP contribution in [-0.4, -0.2) is 44.5 Å². The van der Waals surface area contributed by atoms with Crippen LogP contribution in [0.3, 0.4) is 0 Å². The molecule has 1 aromatic rings. The van der Waals surface area contributed by atoms with Crippen LogP contribution in [0, 0.1) is 0 Å². The molecular weight excluding hydrogens is 264 g/mol. The van der Waals surface area contributed by atoms with E-state index in [1.165, 1.54) is 11.8 Å². The van der Waals surface area contributed by atoms with E-state index in [0.29, 0.717) is 17.1 Å². The van der Waals surface area contributed by atoms with Crippen LogP contribution in [0.15, 0.2) is 5.16 Å². The minimum absolute atomic E-state index is 0.00224. The van der Waals surface area contributed by atoms with Crippen molar-refractivity contribution in [2.45, 2.75) is 44.2 Å². The number of nitrogens with one attached hydrogen (secondary N) is 1. The van der Waals surface area contributed by atoms with Gasteiger partial charge in [-0.3, -0.25) is 5.43 Å². The Bertz CT molecular complexity index is 399. The van der Waals surface area contributed by atoms with Gasteiger partial charge in [-0.15, -0.1) is 0 Å². The lowest BCUT2D eigenvalue weighted by Crippen LogP contribution is -2.26. The first kappa shape index (κ1) is 15.9. The van der Waals surface area contributed by atoms with Crippen LogP contribution in [0.4, 0.5) is 11.9 Å². The molecule has 108 valence electrons. The summed E-state index contributed by atoms with van der Waals surface area (Å²) >= 11 is 1.40. The van der Waals surface area contributed by atoms with E-state index in [1.807, 2.05) is 25.7 Å². The van der Waals surface area contributed by atoms with E-state index in [0.717, 1.165) is 13.1 Å². The van der Waals surface area contributed by atoms with Gasteiger partial charge in [0.25, 0.3) is 0 Å². The molecule has 1 aromatic heterocycles. The fourth-order valence-corrected chi connectivity index (χ4v) is 2.18. The van der Waals surface area contributed by atoms with Crippen LogP contribution in [0.1, 0.15) is 27.7 Å². The molecule has 0 radical (unpaired) electrons. The second-order valence-electron chi connectivity index (χ2n) is 4.12. The third-order valence-corrected chi connectivity index (χ3v) is 3.91. The van der Waals surface area contributed by atoms with E-state index >= 15 is 0 Å². The molecule has 0 aliphatic rings. The van der Waals surface area contributed by atoms with Crippen molar-refractivity contribution in [1.82, 2.24) is 15.0 Å². The number of aliphatic hydroxyl groups is 1. The Hall–Kier alpha value is -1.12. The van der Waals surface area contributed by atoms with Crippen LogP contribution in [0.2, 0.25) is 0 Å². The maximum Gasteiger partial charge on any atom is 0.242 e. The minimum Gasteiger partial charge on any atom is -0.392 e. The molecule has 0 bridgehead atoms. The number of aromatic nitrogens is 3. The average Bonchev–Trinajstić information content (AvgIpc) is 2.39. The van der Waals surface area contributed by atoms with E-state index in [9.17, 15) is 5.11 Å². The Balaban J connectivity index is 3.01. The van der Waals surface area contributed by atoms with Crippen LogP contribution in [-0.2, 0) is 0 Å². The lowest BCUT2D eigenvalue weighted by atomic mass is 10.3. The second kappa shape index (κ2) is 7.46. The quantitative estimate of drug-likeness (QED) is 0.385. The van der Waals surface area contributed by atoms with Crippen LogP contribution >= 0.6 is 11.8 Å². The van der Waals surface area contributed by atoms with Gasteiger partial charge in [-0.05, 0) is 20.8 Å². The van der Waals surface area contributed by atoms with E-state index < -0.39 is 6.10 Å². The lowest BCUT2D eigenvalue weighted by molar-refractivity contribution is 0.196. The first-order valence-corrected chi connectivity index (χ1v) is 7.22. The van der Waals surface area contributed by atoms with Crippen molar-refractivity contribution in [2.24, 2.45) is 5.84 Å². The van der Waals surface area contributed by atoms with Gasteiger partial charge in [-0.1, -0.05) is 18.7 Å². The molecule has 19 heavy (non-hydrogen) atoms. The predicted octanol–water partition coefficient (Wildman–Crippen LogP) is 0.865. The summed E-state index contributed by atoms with van der Waals surface area (Å²) in [5.41, 5.74) is 2.45. The number of hydrogen-bond donors (Lipinski definition) is 3. The van der Waals surface area contributed by atoms with Gasteiger partial charge in [-0.2, -0.15) is 15.0 Å². The monoisotopic (exact) mass is 286 g/mol. The summed E-state index contributed by atoms with van der Waals surface area (Å²) < 4.78 is 0. The number of hydrazine groups is 1. The van der Waals surface area contributed by atoms with Crippen LogP contribution < -0.4 is 16.2 Å². The Kier molecular flexibility index (Phi) is 6.26. The molecule has 0 aromatic carbocycles. The predicted molar refractivity (Wildman–Crippen MR) is 78.2 cm³/mol. The molecule has 1 rings (SSSR count). The van der Waals surface area contributed by atoms with Gasteiger partial charge in [0.15, 0.2) is 5.16 Å². The van der Waals surface area contributed by atoms with Crippen molar-refractivity contribution in [2.75, 3.05) is 23.4 Å². The van der Waals surface area contributed by atoms with Crippen LogP contribution in [0.5, 0.6) is 0 Å². The summed E-state index contributed by atoms with van der Waals surface area (Å²) in [7, 11) is 0. The summed E-state index contributed by atoms with van der Waals surface area (Å²) in [6.45, 7) is 9.35. The fraction of sp³-hybridized carbons (Fsp3) is 0.727. The lowest BCUT2D eigenvalue weighted by Gasteiger charge is -2.20. The molecule has 0 saturated carbocycles. The molecular formula is C11H22N6OS. The number of nitrogen functional groups attached to an aromatic ring is 1. The Labute approximate surface area is 118 Å². The van der Waals surface area contributed by atoms with Gasteiger partial charge < -0.3 is 10.0 Å². The van der Waals surface area contributed by atoms with E-state index in [1.54, 1.807) is 6.92 Å². The highest BCUT2D eigenvalue weighted by molar-refractivity contribution is 7.99. The van der Waals surface area contributed by atoms with Gasteiger partial charge in [-0.25, -0.2) is 5.84 Å². The van der Waals surface area contributed by atoms with Crippen molar-refractivity contribution < 1.29 is 5.11 Å². The molecule has 1 heterocycles. The largest absolute Gasteiger partial charge is 0.392 e. The van der Waals surface area contributed by atoms with Crippen LogP contribution in [0.25, 0.3) is 0 Å². The number of thioether (sulfide) groups is 1. The smallest absolute Gasteiger partial charge is 0.242 e. The third kappa shape index (κ3) is 4.48. The molecule has 0 amide bonds. The highest BCUT2D eigenvalue weighted by atomic mass is 32.2. The molecule has 0 saturated heterocycles. The van der Waals surface area contributed by atoms with E-state index in [2.05, 4.69) is 20.4 Å². The van der Waals surface area contributed by atoms with Gasteiger partial charge in [0.1, 0.15) is 0 Å². The molecule has 0 fully saturated rings. The van der Waals surface area contributed by atoms with Crippen molar-refractivity contribution in [3.63, 3.8) is 0 Å². The summed E-state index contributed by atoms with van der Waals surface area (Å²) in [6, 6.07) is 0. The minimum atomic E-state index is -0.437. The molecule has 4 N–H and O–H groups in total. The number of rotatable bonds is 7. The Morgan fingerprint density at radius 1 is 1.26 bits per heavy atom. The fourth-order valence-electron chi connectivity index (χ4n) is 1.38. The number of anilines is 2. The summed E-state index contributed by atoms with van der Waals surface area (Å²) in [5, 5.41) is 10.1. The van der Waals surface area contributed by atoms with Crippen molar-refractivity contribution in [3.05, 3.63) is 0 Å². The van der Waals surface area contributed by atoms with Gasteiger partial charge in [0, 0.05) is 18.3 Å². The normalized spacial score (nSPS) is 14.0. The maximum absolute atomic E-state index is 9.54. The second-order valence-corrected chi connectivity index (χ2v) is 5.47. The summed E-state index contributed by atoms with van der Waals surface area (Å²) in [4.78, 5) is 14.8. The first-order chi connectivity index (χ1) is 9.01. The zero-order valence-corrected chi connectivity index (χ0v) is 12.6. The van der Waals surface area contributed by atoms with E-state index in [4.69, 9.17) is 5.84 Å². The number of aliphatic hydroxyl groups excluding tert-OH is 1. The molecule has 0 aliphatic heterocycles. The van der Waals surface area contributed by atoms with Crippen molar-refractivity contribution in [1.29, 1.82) is 0 Å². The zero-order valence-electron chi connectivity index (χ0n) is 11.8. The number of nitrogens with zero attached hydrogens (tertiary/aromatic N) is 4. The number of hydrogen-bond acceptors (Lipinski definition) is 8. The molecule has 2 unspecified atom stereocenters. The zero-order chi connectivity index (χ0) is 14.4. The van der Waals surface area contributed by atoms with E-state index in [-0.39, 0.29) is 5.25 Å². The van der Waals surface area contributed by atoms with Gasteiger partial charge >= 0.3 is 0 Å². The Morgan fingerprint density at radius 3 is 2.37 bits per heavy atom. The van der Waals surface area contributed by atoms with Gasteiger partial charge in [0.2, 0.25) is 11.9 Å².